The molecule has 0 radical (unpaired) electrons. The van der Waals surface area contributed by atoms with Crippen LogP contribution in [0.5, 0.6) is 17.2 Å². The Morgan fingerprint density at radius 1 is 0.873 bits per heavy atom. The molecule has 0 saturated carbocycles. The van der Waals surface area contributed by atoms with Crippen LogP contribution in [0.15, 0.2) is 102 Å². The molecule has 8 rings (SSSR count). The number of furan rings is 1. The van der Waals surface area contributed by atoms with Crippen molar-refractivity contribution in [3.05, 3.63) is 141 Å². The lowest BCUT2D eigenvalue weighted by Gasteiger charge is -2.43. The van der Waals surface area contributed by atoms with Gasteiger partial charge in [-0.2, -0.15) is 0 Å². The maximum atomic E-state index is 13.5. The highest BCUT2D eigenvalue weighted by atomic mass is 35.5. The van der Waals surface area contributed by atoms with Crippen molar-refractivity contribution in [3.63, 3.8) is 0 Å². The first-order valence-electron chi connectivity index (χ1n) is 18.1. The van der Waals surface area contributed by atoms with Crippen LogP contribution in [-0.2, 0) is 22.5 Å². The summed E-state index contributed by atoms with van der Waals surface area (Å²) in [6.07, 6.45) is 4.20. The van der Waals surface area contributed by atoms with Gasteiger partial charge in [-0.1, -0.05) is 71.7 Å². The fourth-order valence-electron chi connectivity index (χ4n) is 7.14. The van der Waals surface area contributed by atoms with Crippen molar-refractivity contribution < 1.29 is 42.7 Å². The number of methoxy groups -OCH3 is 2. The Morgan fingerprint density at radius 3 is 2.24 bits per heavy atom. The van der Waals surface area contributed by atoms with Gasteiger partial charge in [-0.25, -0.2) is 14.6 Å². The van der Waals surface area contributed by atoms with Crippen molar-refractivity contribution in [2.45, 2.75) is 44.1 Å². The molecule has 3 aromatic carbocycles. The molecule has 3 aliphatic rings. The van der Waals surface area contributed by atoms with E-state index < -0.39 is 24.2 Å². The third-order valence-electron chi connectivity index (χ3n) is 10.1. The monoisotopic (exact) mass is 786 g/mol. The van der Waals surface area contributed by atoms with Gasteiger partial charge >= 0.3 is 12.1 Å². The van der Waals surface area contributed by atoms with Crippen LogP contribution in [0.3, 0.4) is 0 Å². The Bertz CT molecular complexity index is 2070. The minimum absolute atomic E-state index is 0.0000739. The molecule has 2 N–H and O–H groups in total. The number of hydrogen-bond acceptors (Lipinski definition) is 9. The molecule has 5 heterocycles. The second kappa shape index (κ2) is 17.5. The quantitative estimate of drug-likeness (QED) is 0.111. The molecule has 13 heteroatoms. The number of alkyl carbamates (subject to hydrolysis) is 1. The molecule has 5 aromatic rings. The zero-order valence-electron chi connectivity index (χ0n) is 30.5. The van der Waals surface area contributed by atoms with E-state index in [2.05, 4.69) is 15.2 Å². The SMILES string of the molecule is COc1ccc([C@H](Cc2c(Cl)c[nH+]cc2Cl)OC(=O)c2ccc(COc3ccc([C@H](NC(=O)O[C@H]4CN5CCC4CC5)c4ccccc4)cc3)o2)cc1OC. The van der Waals surface area contributed by atoms with E-state index in [0.29, 0.717) is 50.1 Å². The molecule has 286 valence electrons. The number of ether oxygens (including phenoxy) is 5. The molecule has 0 spiro atoms. The van der Waals surface area contributed by atoms with E-state index in [1.54, 1.807) is 43.8 Å². The van der Waals surface area contributed by atoms with Crippen LogP contribution >= 0.6 is 23.2 Å². The van der Waals surface area contributed by atoms with E-state index in [1.165, 1.54) is 13.2 Å². The summed E-state index contributed by atoms with van der Waals surface area (Å²) in [5, 5.41) is 3.89. The van der Waals surface area contributed by atoms with E-state index in [9.17, 15) is 9.59 Å². The van der Waals surface area contributed by atoms with Crippen LogP contribution in [0.2, 0.25) is 10.0 Å². The van der Waals surface area contributed by atoms with Crippen LogP contribution in [0, 0.1) is 5.92 Å². The van der Waals surface area contributed by atoms with Crippen LogP contribution in [0.25, 0.3) is 0 Å². The summed E-state index contributed by atoms with van der Waals surface area (Å²) in [5.74, 6) is 1.72. The van der Waals surface area contributed by atoms with Gasteiger partial charge in [0, 0.05) is 18.5 Å². The van der Waals surface area contributed by atoms with Gasteiger partial charge in [-0.3, -0.25) is 4.90 Å². The minimum atomic E-state index is -0.801. The average molecular weight is 788 g/mol. The Balaban J connectivity index is 1.00. The van der Waals surface area contributed by atoms with Crippen molar-refractivity contribution in [1.29, 1.82) is 0 Å². The summed E-state index contributed by atoms with van der Waals surface area (Å²) in [7, 11) is 3.07. The number of carbonyl (C=O) groups excluding carboxylic acids is 2. The summed E-state index contributed by atoms with van der Waals surface area (Å²) in [5.41, 5.74) is 3.04. The van der Waals surface area contributed by atoms with E-state index >= 15 is 0 Å². The second-order valence-electron chi connectivity index (χ2n) is 13.5. The Hall–Kier alpha value is -5.23. The zero-order valence-corrected chi connectivity index (χ0v) is 32.0. The molecule has 2 aromatic heterocycles. The predicted molar refractivity (Wildman–Crippen MR) is 205 cm³/mol. The lowest BCUT2D eigenvalue weighted by Crippen LogP contribution is -2.52. The third kappa shape index (κ3) is 9.19. The molecule has 3 fully saturated rings. The van der Waals surface area contributed by atoms with Crippen molar-refractivity contribution >= 4 is 35.3 Å². The standard InChI is InChI=1S/C42H41Cl2N3O8/c1-50-35-14-10-29(20-38(35)51-2)37(21-32-33(43)22-45-23-34(32)44)54-41(48)36-15-13-31(53-36)25-52-30-11-8-28(9-12-30)40(27-6-4-3-5-7-27)46-42(49)55-39-24-47-18-16-26(39)17-19-47/h3-15,20,22-23,26,37,39-40H,16-19,21,24-25H2,1-2H3,(H,46,49)/p+1/t37-,39-,40+/m0/s1. The van der Waals surface area contributed by atoms with E-state index in [4.69, 9.17) is 51.3 Å². The molecule has 0 unspecified atom stereocenters. The molecular formula is C42H42Cl2N3O8+. The fraction of sp³-hybridized carbons (Fsp3) is 0.310. The number of pyridine rings is 1. The summed E-state index contributed by atoms with van der Waals surface area (Å²) >= 11 is 12.9. The smallest absolute Gasteiger partial charge is 0.408 e. The lowest BCUT2D eigenvalue weighted by atomic mass is 9.86. The third-order valence-corrected chi connectivity index (χ3v) is 10.8. The number of carbonyl (C=O) groups is 2. The van der Waals surface area contributed by atoms with Gasteiger partial charge in [0.1, 0.15) is 40.4 Å². The van der Waals surface area contributed by atoms with Crippen molar-refractivity contribution in [2.75, 3.05) is 33.9 Å². The molecule has 2 bridgehead atoms. The highest BCUT2D eigenvalue weighted by Gasteiger charge is 2.37. The number of nitrogens with zero attached hydrogens (tertiary/aromatic N) is 1. The minimum Gasteiger partial charge on any atom is -0.493 e. The number of aromatic amines is 1. The van der Waals surface area contributed by atoms with Gasteiger partial charge in [0.25, 0.3) is 0 Å². The number of aromatic nitrogens is 1. The number of amides is 1. The number of hydrogen-bond donors (Lipinski definition) is 1. The number of rotatable bonds is 14. The number of fused-ring (bicyclic) bond motifs is 3. The van der Waals surface area contributed by atoms with Gasteiger partial charge in [-0.15, -0.1) is 0 Å². The Morgan fingerprint density at radius 2 is 1.56 bits per heavy atom. The van der Waals surface area contributed by atoms with Crippen LogP contribution in [-0.4, -0.2) is 56.9 Å². The summed E-state index contributed by atoms with van der Waals surface area (Å²) < 4.78 is 34.7. The van der Waals surface area contributed by atoms with Crippen LogP contribution < -0.4 is 24.5 Å². The fourth-order valence-corrected chi connectivity index (χ4v) is 7.67. The summed E-state index contributed by atoms with van der Waals surface area (Å²) in [6.45, 7) is 2.99. The Labute approximate surface area is 329 Å². The molecule has 55 heavy (non-hydrogen) atoms. The van der Waals surface area contributed by atoms with Crippen molar-refractivity contribution in [3.8, 4) is 17.2 Å². The molecule has 3 atom stereocenters. The summed E-state index contributed by atoms with van der Waals surface area (Å²) in [6, 6.07) is 25.3. The zero-order chi connectivity index (χ0) is 38.3. The van der Waals surface area contributed by atoms with Crippen molar-refractivity contribution in [2.24, 2.45) is 5.92 Å². The highest BCUT2D eigenvalue weighted by Crippen LogP contribution is 2.36. The van der Waals surface area contributed by atoms with Crippen molar-refractivity contribution in [1.82, 2.24) is 10.2 Å². The van der Waals surface area contributed by atoms with Gasteiger partial charge in [0.2, 0.25) is 5.76 Å². The second-order valence-corrected chi connectivity index (χ2v) is 14.4. The largest absolute Gasteiger partial charge is 0.493 e. The maximum absolute atomic E-state index is 13.5. The van der Waals surface area contributed by atoms with Crippen LogP contribution in [0.4, 0.5) is 4.79 Å². The van der Waals surface area contributed by atoms with Crippen LogP contribution in [0.1, 0.15) is 63.6 Å². The van der Waals surface area contributed by atoms with Gasteiger partial charge in [0.05, 0.1) is 20.3 Å². The summed E-state index contributed by atoms with van der Waals surface area (Å²) in [4.78, 5) is 31.9. The Kier molecular flexibility index (Phi) is 12.1. The number of esters is 1. The first kappa shape index (κ1) is 38.1. The van der Waals surface area contributed by atoms with Gasteiger partial charge in [0.15, 0.2) is 23.9 Å². The molecule has 3 saturated heterocycles. The molecule has 11 nitrogen and oxygen atoms in total. The van der Waals surface area contributed by atoms with E-state index in [-0.39, 0.29) is 24.9 Å². The number of piperidine rings is 3. The molecule has 1 amide bonds. The first-order valence-corrected chi connectivity index (χ1v) is 18.9. The van der Waals surface area contributed by atoms with E-state index in [0.717, 1.165) is 43.6 Å². The maximum Gasteiger partial charge on any atom is 0.408 e. The number of H-pyrrole nitrogens is 1. The van der Waals surface area contributed by atoms with Gasteiger partial charge < -0.3 is 33.4 Å². The average Bonchev–Trinajstić information content (AvgIpc) is 3.70. The first-order chi connectivity index (χ1) is 26.8. The topological polar surface area (TPSA) is 123 Å². The number of benzene rings is 3. The number of halogens is 2. The highest BCUT2D eigenvalue weighted by molar-refractivity contribution is 6.35. The molecule has 0 aliphatic carbocycles. The molecule has 3 aliphatic heterocycles. The van der Waals surface area contributed by atoms with E-state index in [1.807, 2.05) is 54.6 Å². The number of nitrogens with one attached hydrogen (secondary N) is 2. The normalized spacial score (nSPS) is 18.5. The van der Waals surface area contributed by atoms with Gasteiger partial charge in [-0.05, 0) is 84.9 Å². The predicted octanol–water partition coefficient (Wildman–Crippen LogP) is 8.05. The lowest BCUT2D eigenvalue weighted by molar-refractivity contribution is -0.377. The molecular weight excluding hydrogens is 745 g/mol.